The van der Waals surface area contributed by atoms with E-state index in [1.54, 1.807) is 40.9 Å². The molecule has 1 spiro atoms. The van der Waals surface area contributed by atoms with Crippen LogP contribution in [-0.2, 0) is 14.4 Å². The van der Waals surface area contributed by atoms with Crippen LogP contribution in [0.3, 0.4) is 0 Å². The van der Waals surface area contributed by atoms with E-state index in [0.29, 0.717) is 30.2 Å². The van der Waals surface area contributed by atoms with Gasteiger partial charge in [0.2, 0.25) is 17.7 Å². The van der Waals surface area contributed by atoms with Crippen LogP contribution >= 0.6 is 11.8 Å². The van der Waals surface area contributed by atoms with Crippen LogP contribution in [0, 0.1) is 17.8 Å². The first-order valence-corrected chi connectivity index (χ1v) is 17.5. The summed E-state index contributed by atoms with van der Waals surface area (Å²) in [4.78, 5) is 47.2. The van der Waals surface area contributed by atoms with E-state index < -0.39 is 28.7 Å². The second-order valence-electron chi connectivity index (χ2n) is 12.6. The van der Waals surface area contributed by atoms with E-state index in [-0.39, 0.29) is 35.5 Å². The minimum atomic E-state index is -0.895. The number of nitrogens with zero attached hydrogens (tertiary/aromatic N) is 2. The summed E-state index contributed by atoms with van der Waals surface area (Å²) in [5, 5.41) is 16.8. The summed E-state index contributed by atoms with van der Waals surface area (Å²) in [7, 11) is 0. The molecule has 3 unspecified atom stereocenters. The molecule has 3 N–H and O–H groups in total. The molecule has 47 heavy (non-hydrogen) atoms. The van der Waals surface area contributed by atoms with Gasteiger partial charge in [-0.25, -0.2) is 0 Å². The van der Waals surface area contributed by atoms with Crippen molar-refractivity contribution in [2.75, 3.05) is 41.8 Å². The van der Waals surface area contributed by atoms with Gasteiger partial charge in [-0.2, -0.15) is 0 Å². The van der Waals surface area contributed by atoms with Crippen molar-refractivity contribution in [2.45, 2.75) is 56.2 Å². The summed E-state index contributed by atoms with van der Waals surface area (Å²) in [6.45, 7) is 10.1. The van der Waals surface area contributed by atoms with Crippen LogP contribution in [0.1, 0.15) is 45.7 Å². The molecule has 0 radical (unpaired) electrons. The van der Waals surface area contributed by atoms with Crippen molar-refractivity contribution in [1.29, 1.82) is 0 Å². The molecule has 0 aliphatic carbocycles. The fourth-order valence-electron chi connectivity index (χ4n) is 8.01. The molecule has 2 bridgehead atoms. The number of aliphatic hydroxyl groups is 1. The zero-order chi connectivity index (χ0) is 33.3. The molecule has 3 aliphatic rings. The highest BCUT2D eigenvalue weighted by atomic mass is 32.2. The largest absolute Gasteiger partial charge is 0.494 e. The maximum absolute atomic E-state index is 14.7. The Morgan fingerprint density at radius 2 is 1.57 bits per heavy atom. The van der Waals surface area contributed by atoms with E-state index in [0.717, 1.165) is 24.3 Å². The zero-order valence-corrected chi connectivity index (χ0v) is 28.2. The zero-order valence-electron chi connectivity index (χ0n) is 27.4. The van der Waals surface area contributed by atoms with Crippen LogP contribution in [0.4, 0.5) is 17.1 Å². The van der Waals surface area contributed by atoms with Gasteiger partial charge in [0.25, 0.3) is 0 Å². The Labute approximate surface area is 281 Å². The molecule has 3 aliphatic heterocycles. The highest BCUT2D eigenvalue weighted by Gasteiger charge is 2.76. The fraction of sp³-hybridized carbons (Fsp3) is 0.432. The van der Waals surface area contributed by atoms with Crippen LogP contribution in [0.2, 0.25) is 0 Å². The molecule has 0 aromatic heterocycles. The lowest BCUT2D eigenvalue weighted by Crippen LogP contribution is -2.55. The molecule has 3 fully saturated rings. The van der Waals surface area contributed by atoms with E-state index in [9.17, 15) is 19.5 Å². The first-order chi connectivity index (χ1) is 22.8. The van der Waals surface area contributed by atoms with Gasteiger partial charge in [0.15, 0.2) is 0 Å². The van der Waals surface area contributed by atoms with Gasteiger partial charge in [-0.1, -0.05) is 37.3 Å². The number of hydrogen-bond donors (Lipinski definition) is 3. The Bertz CT molecular complexity index is 1580. The van der Waals surface area contributed by atoms with E-state index in [4.69, 9.17) is 4.74 Å². The predicted octanol–water partition coefficient (Wildman–Crippen LogP) is 5.58. The van der Waals surface area contributed by atoms with E-state index in [1.165, 1.54) is 0 Å². The predicted molar refractivity (Wildman–Crippen MR) is 187 cm³/mol. The Balaban J connectivity index is 1.35. The standard InChI is InChI=1S/C37H44N4O5S/c1-5-40(6-2)27-17-13-25(14-18-27)39-35(44)33-37-23(4)21-30(47-37)31(34(43)38-26-15-19-28(20-16-26)46-7-3)32(37)36(45)41(33)29(22-42)24-11-9-8-10-12-24/h8-20,23,29-33,42H,5-7,21-22H2,1-4H3,(H,38,43)(H,39,44)/t23?,29-,30-,31+,32+,33?,37?/m1/s1. The molecule has 3 heterocycles. The van der Waals surface area contributed by atoms with Gasteiger partial charge in [0.1, 0.15) is 11.8 Å². The van der Waals surface area contributed by atoms with Crippen molar-refractivity contribution < 1.29 is 24.2 Å². The normalized spacial score (nSPS) is 26.5. The molecular weight excluding hydrogens is 612 g/mol. The topological polar surface area (TPSA) is 111 Å². The number of nitrogens with one attached hydrogen (secondary N) is 2. The summed E-state index contributed by atoms with van der Waals surface area (Å²) in [5.74, 6) is -1.45. The molecule has 10 heteroatoms. The molecule has 6 rings (SSSR count). The van der Waals surface area contributed by atoms with Crippen LogP contribution in [-0.4, -0.2) is 70.1 Å². The average molecular weight is 657 g/mol. The number of rotatable bonds is 12. The minimum absolute atomic E-state index is 0.0121. The van der Waals surface area contributed by atoms with Gasteiger partial charge in [0, 0.05) is 35.4 Å². The molecule has 3 aromatic rings. The van der Waals surface area contributed by atoms with E-state index >= 15 is 0 Å². The first-order valence-electron chi connectivity index (χ1n) is 16.6. The Kier molecular flexibility index (Phi) is 9.53. The SMILES string of the molecule is CCOc1ccc(NC(=O)[C@@H]2[C@H]3C(=O)N([C@H](CO)c4ccccc4)C(C(=O)Nc4ccc(N(CC)CC)cc4)C34S[C@@H]2CC4C)cc1. The van der Waals surface area contributed by atoms with Crippen molar-refractivity contribution in [2.24, 2.45) is 17.8 Å². The number of likely N-dealkylation sites (tertiary alicyclic amines) is 1. The molecule has 3 amide bonds. The van der Waals surface area contributed by atoms with Gasteiger partial charge < -0.3 is 30.3 Å². The van der Waals surface area contributed by atoms with Gasteiger partial charge >= 0.3 is 0 Å². The van der Waals surface area contributed by atoms with E-state index in [2.05, 4.69) is 36.3 Å². The number of fused-ring (bicyclic) bond motifs is 1. The molecule has 3 saturated heterocycles. The number of benzene rings is 3. The lowest BCUT2D eigenvalue weighted by molar-refractivity contribution is -0.141. The highest BCUT2D eigenvalue weighted by Crippen LogP contribution is 2.69. The Morgan fingerprint density at radius 3 is 2.17 bits per heavy atom. The van der Waals surface area contributed by atoms with Gasteiger partial charge in [-0.15, -0.1) is 11.8 Å². The third-order valence-electron chi connectivity index (χ3n) is 10.1. The molecule has 3 aromatic carbocycles. The number of hydrogen-bond acceptors (Lipinski definition) is 7. The third kappa shape index (κ3) is 5.75. The van der Waals surface area contributed by atoms with Crippen LogP contribution in [0.15, 0.2) is 78.9 Å². The van der Waals surface area contributed by atoms with Crippen LogP contribution in [0.25, 0.3) is 0 Å². The molecule has 248 valence electrons. The minimum Gasteiger partial charge on any atom is -0.494 e. The summed E-state index contributed by atoms with van der Waals surface area (Å²) in [6.07, 6.45) is 0.709. The molecule has 9 nitrogen and oxygen atoms in total. The van der Waals surface area contributed by atoms with Crippen molar-refractivity contribution in [1.82, 2.24) is 4.90 Å². The molecule has 0 saturated carbocycles. The number of carbonyl (C=O) groups excluding carboxylic acids is 3. The third-order valence-corrected chi connectivity index (χ3v) is 12.2. The Morgan fingerprint density at radius 1 is 0.957 bits per heavy atom. The summed E-state index contributed by atoms with van der Waals surface area (Å²) < 4.78 is 4.71. The van der Waals surface area contributed by atoms with Crippen LogP contribution < -0.4 is 20.3 Å². The molecular formula is C37H44N4O5S. The summed E-state index contributed by atoms with van der Waals surface area (Å²) >= 11 is 1.61. The number of aliphatic hydroxyl groups excluding tert-OH is 1. The number of amides is 3. The second-order valence-corrected chi connectivity index (χ2v) is 14.1. The highest BCUT2D eigenvalue weighted by molar-refractivity contribution is 8.02. The van der Waals surface area contributed by atoms with E-state index in [1.807, 2.05) is 61.5 Å². The maximum Gasteiger partial charge on any atom is 0.248 e. The van der Waals surface area contributed by atoms with Gasteiger partial charge in [-0.05, 0) is 87.2 Å². The van der Waals surface area contributed by atoms with Crippen LogP contribution in [0.5, 0.6) is 5.75 Å². The second kappa shape index (κ2) is 13.6. The smallest absolute Gasteiger partial charge is 0.248 e. The van der Waals surface area contributed by atoms with Gasteiger partial charge in [-0.3, -0.25) is 14.4 Å². The average Bonchev–Trinajstić information content (AvgIpc) is 3.68. The number of carbonyl (C=O) groups is 3. The summed E-state index contributed by atoms with van der Waals surface area (Å²) in [5.41, 5.74) is 3.06. The van der Waals surface area contributed by atoms with Gasteiger partial charge in [0.05, 0.1) is 35.8 Å². The van der Waals surface area contributed by atoms with Crippen molar-refractivity contribution in [3.63, 3.8) is 0 Å². The fourth-order valence-corrected chi connectivity index (χ4v) is 10.4. The van der Waals surface area contributed by atoms with Crippen molar-refractivity contribution in [3.8, 4) is 5.75 Å². The summed E-state index contributed by atoms with van der Waals surface area (Å²) in [6, 6.07) is 22.6. The number of ether oxygens (including phenoxy) is 1. The number of anilines is 3. The monoisotopic (exact) mass is 656 g/mol. The maximum atomic E-state index is 14.7. The first kappa shape index (κ1) is 32.9. The Hall–Kier alpha value is -4.02. The molecule has 7 atom stereocenters. The van der Waals surface area contributed by atoms with Crippen molar-refractivity contribution in [3.05, 3.63) is 84.4 Å². The number of thioether (sulfide) groups is 1. The van der Waals surface area contributed by atoms with Crippen molar-refractivity contribution >= 4 is 46.5 Å². The lowest BCUT2D eigenvalue weighted by atomic mass is 9.66. The lowest BCUT2D eigenvalue weighted by Gasteiger charge is -2.40. The quantitative estimate of drug-likeness (QED) is 0.234.